The molecule has 21 heavy (non-hydrogen) atoms. The Balaban J connectivity index is 2.60. The minimum atomic E-state index is 0.481. The van der Waals surface area contributed by atoms with E-state index in [2.05, 4.69) is 31.0 Å². The van der Waals surface area contributed by atoms with Gasteiger partial charge in [0.1, 0.15) is 0 Å². The first-order valence-electron chi connectivity index (χ1n) is 9.04. The highest BCUT2D eigenvalue weighted by Gasteiger charge is 2.32. The maximum Gasteiger partial charge on any atom is 0.0589 e. The van der Waals surface area contributed by atoms with Gasteiger partial charge in [0.05, 0.1) is 6.61 Å². The van der Waals surface area contributed by atoms with Crippen LogP contribution < -0.4 is 5.32 Å². The molecule has 3 nitrogen and oxygen atoms in total. The Hall–Kier alpha value is -0.120. The van der Waals surface area contributed by atoms with Gasteiger partial charge in [-0.15, -0.1) is 0 Å². The maximum absolute atomic E-state index is 5.28. The van der Waals surface area contributed by atoms with E-state index in [1.54, 1.807) is 7.11 Å². The molecule has 1 aliphatic carbocycles. The van der Waals surface area contributed by atoms with Crippen molar-refractivity contribution >= 4 is 0 Å². The zero-order valence-electron chi connectivity index (χ0n) is 14.9. The molecule has 0 saturated heterocycles. The van der Waals surface area contributed by atoms with Crippen LogP contribution in [0.25, 0.3) is 0 Å². The van der Waals surface area contributed by atoms with Crippen molar-refractivity contribution in [2.24, 2.45) is 11.3 Å². The number of methoxy groups -OCH3 is 1. The Labute approximate surface area is 132 Å². The second-order valence-electron chi connectivity index (χ2n) is 7.30. The lowest BCUT2D eigenvalue weighted by atomic mass is 9.79. The largest absolute Gasteiger partial charge is 0.383 e. The second kappa shape index (κ2) is 10.6. The first-order valence-corrected chi connectivity index (χ1v) is 9.04. The Bertz CT molecular complexity index is 248. The van der Waals surface area contributed by atoms with Crippen molar-refractivity contribution in [3.05, 3.63) is 0 Å². The van der Waals surface area contributed by atoms with Crippen molar-refractivity contribution in [1.29, 1.82) is 0 Å². The standard InChI is InChI=1S/C18H38N2O/c1-5-20(12-13-21-4)16-18(15-19-14-17(2)3)10-8-6-7-9-11-18/h17,19H,5-16H2,1-4H3. The van der Waals surface area contributed by atoms with Crippen molar-refractivity contribution in [3.63, 3.8) is 0 Å². The molecule has 0 aromatic rings. The lowest BCUT2D eigenvalue weighted by molar-refractivity contribution is 0.0967. The van der Waals surface area contributed by atoms with Crippen LogP contribution >= 0.6 is 0 Å². The smallest absolute Gasteiger partial charge is 0.0589 e. The van der Waals surface area contributed by atoms with Crippen molar-refractivity contribution in [1.82, 2.24) is 10.2 Å². The van der Waals surface area contributed by atoms with E-state index >= 15 is 0 Å². The molecule has 0 spiro atoms. The van der Waals surface area contributed by atoms with Crippen LogP contribution in [-0.4, -0.2) is 51.3 Å². The number of rotatable bonds is 10. The molecule has 0 atom stereocenters. The average Bonchev–Trinajstić information content (AvgIpc) is 2.69. The van der Waals surface area contributed by atoms with Crippen LogP contribution in [0.4, 0.5) is 0 Å². The number of likely N-dealkylation sites (N-methyl/N-ethyl adjacent to an activating group) is 1. The van der Waals surface area contributed by atoms with Crippen molar-refractivity contribution in [2.45, 2.75) is 59.3 Å². The van der Waals surface area contributed by atoms with Crippen molar-refractivity contribution in [2.75, 3.05) is 46.4 Å². The summed E-state index contributed by atoms with van der Waals surface area (Å²) in [4.78, 5) is 2.59. The molecule has 0 aromatic heterocycles. The number of ether oxygens (including phenoxy) is 1. The Kier molecular flexibility index (Phi) is 9.54. The fourth-order valence-corrected chi connectivity index (χ4v) is 3.54. The summed E-state index contributed by atoms with van der Waals surface area (Å²) in [5.41, 5.74) is 0.481. The topological polar surface area (TPSA) is 24.5 Å². The van der Waals surface area contributed by atoms with Gasteiger partial charge in [-0.3, -0.25) is 0 Å². The predicted molar refractivity (Wildman–Crippen MR) is 91.8 cm³/mol. The number of nitrogens with one attached hydrogen (secondary N) is 1. The SMILES string of the molecule is CCN(CCOC)CC1(CNCC(C)C)CCCCCC1. The fraction of sp³-hybridized carbons (Fsp3) is 1.00. The monoisotopic (exact) mass is 298 g/mol. The molecule has 0 unspecified atom stereocenters. The number of hydrogen-bond acceptors (Lipinski definition) is 3. The highest BCUT2D eigenvalue weighted by Crippen LogP contribution is 2.35. The zero-order valence-corrected chi connectivity index (χ0v) is 14.9. The molecular formula is C18H38N2O. The van der Waals surface area contributed by atoms with Crippen LogP contribution in [0.15, 0.2) is 0 Å². The van der Waals surface area contributed by atoms with Crippen LogP contribution in [0.1, 0.15) is 59.3 Å². The van der Waals surface area contributed by atoms with Gasteiger partial charge in [-0.05, 0) is 37.3 Å². The molecule has 0 heterocycles. The maximum atomic E-state index is 5.28. The van der Waals surface area contributed by atoms with E-state index in [0.29, 0.717) is 5.41 Å². The molecule has 1 N–H and O–H groups in total. The van der Waals surface area contributed by atoms with Gasteiger partial charge in [0, 0.05) is 26.7 Å². The molecule has 3 heteroatoms. The average molecular weight is 299 g/mol. The normalized spacial score (nSPS) is 19.1. The van der Waals surface area contributed by atoms with Gasteiger partial charge in [0.15, 0.2) is 0 Å². The van der Waals surface area contributed by atoms with E-state index in [-0.39, 0.29) is 0 Å². The quantitative estimate of drug-likeness (QED) is 0.624. The summed E-state index contributed by atoms with van der Waals surface area (Å²) in [7, 11) is 1.81. The van der Waals surface area contributed by atoms with E-state index < -0.39 is 0 Å². The first kappa shape index (κ1) is 18.9. The van der Waals surface area contributed by atoms with Crippen LogP contribution in [0.5, 0.6) is 0 Å². The van der Waals surface area contributed by atoms with Crippen LogP contribution in [0, 0.1) is 11.3 Å². The summed E-state index contributed by atoms with van der Waals surface area (Å²) in [5, 5.41) is 3.75. The molecular weight excluding hydrogens is 260 g/mol. The highest BCUT2D eigenvalue weighted by atomic mass is 16.5. The molecule has 1 fully saturated rings. The van der Waals surface area contributed by atoms with Gasteiger partial charge in [0.25, 0.3) is 0 Å². The minimum Gasteiger partial charge on any atom is -0.383 e. The van der Waals surface area contributed by atoms with E-state index in [1.807, 2.05) is 0 Å². The second-order valence-corrected chi connectivity index (χ2v) is 7.30. The van der Waals surface area contributed by atoms with Gasteiger partial charge < -0.3 is 15.0 Å². The van der Waals surface area contributed by atoms with Gasteiger partial charge in [0.2, 0.25) is 0 Å². The Morgan fingerprint density at radius 2 is 1.81 bits per heavy atom. The summed E-state index contributed by atoms with van der Waals surface area (Å²) >= 11 is 0. The summed E-state index contributed by atoms with van der Waals surface area (Å²) in [6, 6.07) is 0. The third-order valence-electron chi connectivity index (χ3n) is 4.83. The molecule has 0 bridgehead atoms. The molecule has 1 aliphatic rings. The van der Waals surface area contributed by atoms with Crippen LogP contribution in [0.2, 0.25) is 0 Å². The molecule has 126 valence electrons. The van der Waals surface area contributed by atoms with Crippen LogP contribution in [0.3, 0.4) is 0 Å². The summed E-state index contributed by atoms with van der Waals surface area (Å²) in [6.07, 6.45) is 8.45. The Morgan fingerprint density at radius 1 is 1.14 bits per heavy atom. The third kappa shape index (κ3) is 7.62. The molecule has 1 rings (SSSR count). The molecule has 0 radical (unpaired) electrons. The van der Waals surface area contributed by atoms with E-state index in [4.69, 9.17) is 4.74 Å². The zero-order chi connectivity index (χ0) is 15.6. The van der Waals surface area contributed by atoms with E-state index in [0.717, 1.165) is 32.2 Å². The lowest BCUT2D eigenvalue weighted by Gasteiger charge is -2.38. The Morgan fingerprint density at radius 3 is 2.33 bits per heavy atom. The summed E-state index contributed by atoms with van der Waals surface area (Å²) < 4.78 is 5.28. The molecule has 0 aliphatic heterocycles. The highest BCUT2D eigenvalue weighted by molar-refractivity contribution is 4.87. The van der Waals surface area contributed by atoms with Gasteiger partial charge in [-0.25, -0.2) is 0 Å². The third-order valence-corrected chi connectivity index (χ3v) is 4.83. The minimum absolute atomic E-state index is 0.481. The predicted octanol–water partition coefficient (Wildman–Crippen LogP) is 3.54. The fourth-order valence-electron chi connectivity index (χ4n) is 3.54. The lowest BCUT2D eigenvalue weighted by Crippen LogP contribution is -2.45. The van der Waals surface area contributed by atoms with Crippen molar-refractivity contribution < 1.29 is 4.74 Å². The summed E-state index contributed by atoms with van der Waals surface area (Å²) in [6.45, 7) is 13.5. The van der Waals surface area contributed by atoms with Crippen molar-refractivity contribution in [3.8, 4) is 0 Å². The molecule has 1 saturated carbocycles. The number of hydrogen-bond donors (Lipinski definition) is 1. The first-order chi connectivity index (χ1) is 10.1. The number of nitrogens with zero attached hydrogens (tertiary/aromatic N) is 1. The van der Waals surface area contributed by atoms with E-state index in [9.17, 15) is 0 Å². The molecule has 0 aromatic carbocycles. The van der Waals surface area contributed by atoms with Gasteiger partial charge >= 0.3 is 0 Å². The van der Waals surface area contributed by atoms with Gasteiger partial charge in [-0.2, -0.15) is 0 Å². The molecule has 0 amide bonds. The van der Waals surface area contributed by atoms with Gasteiger partial charge in [-0.1, -0.05) is 46.5 Å². The van der Waals surface area contributed by atoms with E-state index in [1.165, 1.54) is 51.6 Å². The summed E-state index contributed by atoms with van der Waals surface area (Å²) in [5.74, 6) is 0.739. The van der Waals surface area contributed by atoms with Crippen LogP contribution in [-0.2, 0) is 4.74 Å².